The van der Waals surface area contributed by atoms with Crippen LogP contribution >= 0.6 is 35.3 Å². The Bertz CT molecular complexity index is 566. The Hall–Kier alpha value is -1.08. The molecule has 5 heteroatoms. The van der Waals surface area contributed by atoms with Crippen LogP contribution in [0.25, 0.3) is 0 Å². The Morgan fingerprint density at radius 1 is 1.09 bits per heavy atom. The van der Waals surface area contributed by atoms with Crippen molar-refractivity contribution in [2.24, 2.45) is 4.99 Å². The molecule has 3 nitrogen and oxygen atoms in total. The largest absolute Gasteiger partial charge is 0.356 e. The maximum atomic E-state index is 4.25. The highest BCUT2D eigenvalue weighted by Crippen LogP contribution is 2.14. The van der Waals surface area contributed by atoms with Gasteiger partial charge in [-0.15, -0.1) is 35.3 Å². The normalized spacial score (nSPS) is 10.9. The second-order valence-corrected chi connectivity index (χ2v) is 6.33. The van der Waals surface area contributed by atoms with E-state index in [0.717, 1.165) is 31.9 Å². The Labute approximate surface area is 154 Å². The lowest BCUT2D eigenvalue weighted by Crippen LogP contribution is -2.37. The third kappa shape index (κ3) is 6.79. The number of nitrogens with zero attached hydrogens (tertiary/aromatic N) is 1. The van der Waals surface area contributed by atoms with Gasteiger partial charge in [0.2, 0.25) is 0 Å². The molecule has 0 radical (unpaired) electrons. The van der Waals surface area contributed by atoms with Gasteiger partial charge in [-0.3, -0.25) is 4.99 Å². The summed E-state index contributed by atoms with van der Waals surface area (Å²) in [6.07, 6.45) is 2.19. The molecule has 0 amide bonds. The number of rotatable bonds is 6. The zero-order valence-electron chi connectivity index (χ0n) is 13.1. The summed E-state index contributed by atoms with van der Waals surface area (Å²) in [4.78, 5) is 6.93. The Kier molecular flexibility index (Phi) is 9.15. The molecule has 0 fully saturated rings. The van der Waals surface area contributed by atoms with E-state index in [1.807, 2.05) is 18.4 Å². The molecule has 0 atom stereocenters. The first-order chi connectivity index (χ1) is 10.3. The highest BCUT2D eigenvalue weighted by atomic mass is 127. The fraction of sp³-hybridized carbons (Fsp3) is 0.353. The molecular formula is C17H24IN3S. The van der Waals surface area contributed by atoms with E-state index in [0.29, 0.717) is 0 Å². The topological polar surface area (TPSA) is 36.4 Å². The molecular weight excluding hydrogens is 405 g/mol. The second-order valence-electron chi connectivity index (χ2n) is 4.95. The van der Waals surface area contributed by atoms with Crippen molar-refractivity contribution in [2.75, 3.05) is 13.6 Å². The van der Waals surface area contributed by atoms with Crippen molar-refractivity contribution in [2.45, 2.75) is 26.3 Å². The van der Waals surface area contributed by atoms with Crippen LogP contribution in [0.2, 0.25) is 0 Å². The number of guanidine groups is 1. The quantitative estimate of drug-likeness (QED) is 0.316. The number of thiophene rings is 1. The molecule has 1 aromatic heterocycles. The van der Waals surface area contributed by atoms with Crippen LogP contribution in [-0.4, -0.2) is 19.6 Å². The molecule has 2 N–H and O–H groups in total. The molecule has 120 valence electrons. The first kappa shape index (κ1) is 19.0. The van der Waals surface area contributed by atoms with Gasteiger partial charge in [0.1, 0.15) is 0 Å². The molecule has 0 aliphatic carbocycles. The number of nitrogens with one attached hydrogen (secondary N) is 2. The van der Waals surface area contributed by atoms with Gasteiger partial charge in [-0.25, -0.2) is 0 Å². The number of aliphatic imine (C=N–C) groups is 1. The summed E-state index contributed by atoms with van der Waals surface area (Å²) < 4.78 is 0. The van der Waals surface area contributed by atoms with Gasteiger partial charge in [-0.1, -0.05) is 30.3 Å². The SMILES string of the molecule is CN=C(NCCCc1ccccc1)NCc1ccc(C)s1.I. The molecule has 0 saturated carbocycles. The maximum Gasteiger partial charge on any atom is 0.191 e. The van der Waals surface area contributed by atoms with Gasteiger partial charge in [-0.05, 0) is 37.5 Å². The molecule has 0 unspecified atom stereocenters. The van der Waals surface area contributed by atoms with E-state index < -0.39 is 0 Å². The van der Waals surface area contributed by atoms with E-state index in [1.54, 1.807) is 0 Å². The van der Waals surface area contributed by atoms with E-state index in [9.17, 15) is 0 Å². The third-order valence-corrected chi connectivity index (χ3v) is 4.23. The van der Waals surface area contributed by atoms with Gasteiger partial charge >= 0.3 is 0 Å². The number of benzene rings is 1. The predicted octanol–water partition coefficient (Wildman–Crippen LogP) is 3.97. The summed E-state index contributed by atoms with van der Waals surface area (Å²) in [6.45, 7) is 3.89. The van der Waals surface area contributed by atoms with Crippen molar-refractivity contribution in [3.05, 3.63) is 57.8 Å². The minimum Gasteiger partial charge on any atom is -0.356 e. The summed E-state index contributed by atoms with van der Waals surface area (Å²) in [5, 5.41) is 6.71. The van der Waals surface area contributed by atoms with E-state index in [2.05, 4.69) is 65.0 Å². The first-order valence-electron chi connectivity index (χ1n) is 7.31. The predicted molar refractivity (Wildman–Crippen MR) is 107 cm³/mol. The molecule has 0 saturated heterocycles. The lowest BCUT2D eigenvalue weighted by molar-refractivity contribution is 0.744. The first-order valence-corrected chi connectivity index (χ1v) is 8.13. The maximum absolute atomic E-state index is 4.25. The van der Waals surface area contributed by atoms with Crippen molar-refractivity contribution >= 4 is 41.3 Å². The monoisotopic (exact) mass is 429 g/mol. The van der Waals surface area contributed by atoms with Crippen LogP contribution in [0.4, 0.5) is 0 Å². The summed E-state index contributed by atoms with van der Waals surface area (Å²) in [7, 11) is 1.81. The van der Waals surface area contributed by atoms with E-state index in [1.165, 1.54) is 15.3 Å². The van der Waals surface area contributed by atoms with E-state index in [-0.39, 0.29) is 24.0 Å². The summed E-state index contributed by atoms with van der Waals surface area (Å²) in [6, 6.07) is 14.9. The highest BCUT2D eigenvalue weighted by Gasteiger charge is 2.00. The number of halogens is 1. The van der Waals surface area contributed by atoms with Crippen molar-refractivity contribution in [3.8, 4) is 0 Å². The van der Waals surface area contributed by atoms with Crippen LogP contribution in [0.1, 0.15) is 21.7 Å². The number of aryl methyl sites for hydroxylation is 2. The van der Waals surface area contributed by atoms with Crippen molar-refractivity contribution in [1.82, 2.24) is 10.6 Å². The number of hydrogen-bond acceptors (Lipinski definition) is 2. The zero-order chi connectivity index (χ0) is 14.9. The zero-order valence-corrected chi connectivity index (χ0v) is 16.3. The van der Waals surface area contributed by atoms with Crippen molar-refractivity contribution < 1.29 is 0 Å². The van der Waals surface area contributed by atoms with Crippen LogP contribution in [0, 0.1) is 6.92 Å². The summed E-state index contributed by atoms with van der Waals surface area (Å²) >= 11 is 1.82. The van der Waals surface area contributed by atoms with Gasteiger partial charge in [0.05, 0.1) is 6.54 Å². The third-order valence-electron chi connectivity index (χ3n) is 3.23. The lowest BCUT2D eigenvalue weighted by atomic mass is 10.1. The minimum absolute atomic E-state index is 0. The molecule has 1 aromatic carbocycles. The van der Waals surface area contributed by atoms with E-state index >= 15 is 0 Å². The molecule has 1 heterocycles. The smallest absolute Gasteiger partial charge is 0.191 e. The summed E-state index contributed by atoms with van der Waals surface area (Å²) in [5.74, 6) is 0.870. The van der Waals surface area contributed by atoms with Gasteiger partial charge in [-0.2, -0.15) is 0 Å². The Morgan fingerprint density at radius 2 is 1.86 bits per heavy atom. The van der Waals surface area contributed by atoms with Crippen LogP contribution < -0.4 is 10.6 Å². The molecule has 22 heavy (non-hydrogen) atoms. The van der Waals surface area contributed by atoms with Gasteiger partial charge < -0.3 is 10.6 Å². The van der Waals surface area contributed by atoms with Crippen LogP contribution in [0.5, 0.6) is 0 Å². The average Bonchev–Trinajstić information content (AvgIpc) is 2.93. The molecule has 0 spiro atoms. The fourth-order valence-corrected chi connectivity index (χ4v) is 2.95. The Morgan fingerprint density at radius 3 is 2.50 bits per heavy atom. The number of hydrogen-bond donors (Lipinski definition) is 2. The molecule has 0 aliphatic rings. The fourth-order valence-electron chi connectivity index (χ4n) is 2.12. The van der Waals surface area contributed by atoms with Crippen molar-refractivity contribution in [3.63, 3.8) is 0 Å². The van der Waals surface area contributed by atoms with Crippen LogP contribution in [0.15, 0.2) is 47.5 Å². The molecule has 0 aliphatic heterocycles. The van der Waals surface area contributed by atoms with Crippen LogP contribution in [0.3, 0.4) is 0 Å². The minimum atomic E-state index is 0. The molecule has 0 bridgehead atoms. The standard InChI is InChI=1S/C17H23N3S.HI/c1-14-10-11-16(21-14)13-20-17(18-2)19-12-6-9-15-7-4-3-5-8-15;/h3-5,7-8,10-11H,6,9,12-13H2,1-2H3,(H2,18,19,20);1H. The van der Waals surface area contributed by atoms with Crippen molar-refractivity contribution in [1.29, 1.82) is 0 Å². The average molecular weight is 429 g/mol. The summed E-state index contributed by atoms with van der Waals surface area (Å²) in [5.41, 5.74) is 1.39. The van der Waals surface area contributed by atoms with E-state index in [4.69, 9.17) is 0 Å². The molecule has 2 aromatic rings. The second kappa shape index (κ2) is 10.6. The highest BCUT2D eigenvalue weighted by molar-refractivity contribution is 14.0. The van der Waals surface area contributed by atoms with Gasteiger partial charge in [0, 0.05) is 23.3 Å². The molecule has 2 rings (SSSR count). The van der Waals surface area contributed by atoms with Gasteiger partial charge in [0.25, 0.3) is 0 Å². The Balaban J connectivity index is 0.00000242. The lowest BCUT2D eigenvalue weighted by Gasteiger charge is -2.11. The van der Waals surface area contributed by atoms with Gasteiger partial charge in [0.15, 0.2) is 5.96 Å². The van der Waals surface area contributed by atoms with Crippen LogP contribution in [-0.2, 0) is 13.0 Å².